The Labute approximate surface area is 181 Å². The summed E-state index contributed by atoms with van der Waals surface area (Å²) < 4.78 is 28.4. The van der Waals surface area contributed by atoms with E-state index in [0.717, 1.165) is 5.56 Å². The number of hydrogen-bond donors (Lipinski definition) is 2. The number of amides is 2. The van der Waals surface area contributed by atoms with Gasteiger partial charge in [0.15, 0.2) is 0 Å². The fraction of sp³-hybridized carbons (Fsp3) is 0.364. The van der Waals surface area contributed by atoms with Crippen molar-refractivity contribution in [2.45, 2.75) is 29.8 Å². The predicted octanol–water partition coefficient (Wildman–Crippen LogP) is 2.31. The first-order chi connectivity index (χ1) is 14.9. The summed E-state index contributed by atoms with van der Waals surface area (Å²) in [6.07, 6.45) is 0.0794. The van der Waals surface area contributed by atoms with Gasteiger partial charge in [0.2, 0.25) is 15.9 Å². The van der Waals surface area contributed by atoms with E-state index in [1.54, 1.807) is 30.3 Å². The first kappa shape index (κ1) is 21.3. The summed E-state index contributed by atoms with van der Waals surface area (Å²) in [5.41, 5.74) is 0.900. The Bertz CT molecular complexity index is 1040. The van der Waals surface area contributed by atoms with Crippen molar-refractivity contribution in [3.8, 4) is 0 Å². The maximum Gasteiger partial charge on any atom is 0.407 e. The molecular weight excluding hydrogens is 418 g/mol. The van der Waals surface area contributed by atoms with Crippen molar-refractivity contribution < 1.29 is 23.1 Å². The first-order valence-corrected chi connectivity index (χ1v) is 11.7. The van der Waals surface area contributed by atoms with E-state index in [2.05, 4.69) is 5.32 Å². The number of carbonyl (C=O) groups is 2. The fourth-order valence-corrected chi connectivity index (χ4v) is 5.91. The number of benzene rings is 2. The van der Waals surface area contributed by atoms with Gasteiger partial charge >= 0.3 is 6.09 Å². The summed E-state index contributed by atoms with van der Waals surface area (Å²) >= 11 is 0. The van der Waals surface area contributed by atoms with E-state index < -0.39 is 22.0 Å². The monoisotopic (exact) mass is 443 g/mol. The molecule has 2 unspecified atom stereocenters. The quantitative estimate of drug-likeness (QED) is 0.738. The molecule has 4 rings (SSSR count). The molecule has 0 aliphatic carbocycles. The minimum absolute atomic E-state index is 0.0813. The minimum atomic E-state index is -3.80. The van der Waals surface area contributed by atoms with Crippen LogP contribution in [0.3, 0.4) is 0 Å². The maximum absolute atomic E-state index is 13.5. The van der Waals surface area contributed by atoms with Crippen LogP contribution in [0, 0.1) is 5.92 Å². The van der Waals surface area contributed by atoms with Crippen LogP contribution in [0.25, 0.3) is 0 Å². The first-order valence-electron chi connectivity index (χ1n) is 10.3. The van der Waals surface area contributed by atoms with Crippen LogP contribution in [0.15, 0.2) is 65.6 Å². The van der Waals surface area contributed by atoms with Gasteiger partial charge in [-0.25, -0.2) is 13.2 Å². The summed E-state index contributed by atoms with van der Waals surface area (Å²) in [5, 5.41) is 11.8. The number of sulfonamides is 1. The molecule has 2 aromatic rings. The molecule has 0 bridgehead atoms. The summed E-state index contributed by atoms with van der Waals surface area (Å²) in [5.74, 6) is -0.716. The van der Waals surface area contributed by atoms with Crippen molar-refractivity contribution >= 4 is 22.0 Å². The normalized spacial score (nSPS) is 22.5. The van der Waals surface area contributed by atoms with Crippen LogP contribution in [-0.2, 0) is 14.8 Å². The lowest BCUT2D eigenvalue weighted by Crippen LogP contribution is -2.62. The molecule has 2 aliphatic rings. The lowest BCUT2D eigenvalue weighted by Gasteiger charge is -2.41. The molecule has 2 aromatic carbocycles. The fourth-order valence-electron chi connectivity index (χ4n) is 4.20. The average molecular weight is 444 g/mol. The highest BCUT2D eigenvalue weighted by Gasteiger charge is 2.41. The van der Waals surface area contributed by atoms with Gasteiger partial charge in [-0.2, -0.15) is 4.31 Å². The van der Waals surface area contributed by atoms with Crippen molar-refractivity contribution in [1.29, 1.82) is 0 Å². The molecule has 0 spiro atoms. The Morgan fingerprint density at radius 2 is 1.52 bits per heavy atom. The maximum atomic E-state index is 13.5. The third-order valence-electron chi connectivity index (χ3n) is 5.94. The molecule has 0 saturated carbocycles. The third kappa shape index (κ3) is 4.42. The van der Waals surface area contributed by atoms with Gasteiger partial charge < -0.3 is 15.3 Å². The molecule has 2 fully saturated rings. The van der Waals surface area contributed by atoms with E-state index in [0.29, 0.717) is 12.8 Å². The Morgan fingerprint density at radius 3 is 2.13 bits per heavy atom. The molecule has 31 heavy (non-hydrogen) atoms. The number of piperidine rings is 1. The molecule has 0 radical (unpaired) electrons. The number of nitrogens with one attached hydrogen (secondary N) is 1. The van der Waals surface area contributed by atoms with Crippen LogP contribution in [0.2, 0.25) is 0 Å². The van der Waals surface area contributed by atoms with Crippen LogP contribution in [0.4, 0.5) is 4.79 Å². The summed E-state index contributed by atoms with van der Waals surface area (Å²) in [4.78, 5) is 25.2. The van der Waals surface area contributed by atoms with Crippen LogP contribution in [0.1, 0.15) is 24.4 Å². The zero-order valence-corrected chi connectivity index (χ0v) is 17.7. The lowest BCUT2D eigenvalue weighted by molar-refractivity contribution is -0.128. The molecule has 2 amide bonds. The van der Waals surface area contributed by atoms with Gasteiger partial charge in [0.1, 0.15) is 0 Å². The van der Waals surface area contributed by atoms with Gasteiger partial charge in [-0.05, 0) is 30.5 Å². The number of carbonyl (C=O) groups excluding carboxylic acids is 1. The van der Waals surface area contributed by atoms with Gasteiger partial charge in [0.05, 0.1) is 22.9 Å². The topological polar surface area (TPSA) is 107 Å². The number of carboxylic acid groups (broad SMARTS) is 1. The number of rotatable bonds is 5. The average Bonchev–Trinajstić information content (AvgIpc) is 2.76. The molecule has 2 N–H and O–H groups in total. The second kappa shape index (κ2) is 8.68. The molecule has 0 aromatic heterocycles. The summed E-state index contributed by atoms with van der Waals surface area (Å²) in [6, 6.07) is 17.2. The zero-order chi connectivity index (χ0) is 22.0. The Morgan fingerprint density at radius 1 is 0.903 bits per heavy atom. The van der Waals surface area contributed by atoms with Gasteiger partial charge in [-0.1, -0.05) is 48.5 Å². The second-order valence-corrected chi connectivity index (χ2v) is 9.87. The lowest BCUT2D eigenvalue weighted by atomic mass is 9.90. The molecule has 2 heterocycles. The van der Waals surface area contributed by atoms with Crippen LogP contribution in [0.5, 0.6) is 0 Å². The summed E-state index contributed by atoms with van der Waals surface area (Å²) in [7, 11) is -3.80. The SMILES string of the molecule is O=C(NC1CN(C(=O)O)C1)C1CCC(c2ccccc2)N(S(=O)(=O)c2ccccc2)C1. The van der Waals surface area contributed by atoms with E-state index in [1.807, 2.05) is 30.3 Å². The van der Waals surface area contributed by atoms with Crippen molar-refractivity contribution in [3.05, 3.63) is 66.2 Å². The van der Waals surface area contributed by atoms with Gasteiger partial charge in [-0.3, -0.25) is 4.79 Å². The largest absolute Gasteiger partial charge is 0.465 e. The van der Waals surface area contributed by atoms with E-state index in [-0.39, 0.29) is 42.5 Å². The predicted molar refractivity (Wildman–Crippen MR) is 114 cm³/mol. The summed E-state index contributed by atoms with van der Waals surface area (Å²) in [6.45, 7) is 0.594. The number of hydrogen-bond acceptors (Lipinski definition) is 4. The third-order valence-corrected chi connectivity index (χ3v) is 7.83. The van der Waals surface area contributed by atoms with Crippen molar-refractivity contribution in [3.63, 3.8) is 0 Å². The molecule has 2 aliphatic heterocycles. The van der Waals surface area contributed by atoms with Crippen molar-refractivity contribution in [1.82, 2.24) is 14.5 Å². The smallest absolute Gasteiger partial charge is 0.407 e. The van der Waals surface area contributed by atoms with Crippen molar-refractivity contribution in [2.75, 3.05) is 19.6 Å². The van der Waals surface area contributed by atoms with E-state index in [4.69, 9.17) is 5.11 Å². The van der Waals surface area contributed by atoms with E-state index >= 15 is 0 Å². The highest BCUT2D eigenvalue weighted by Crippen LogP contribution is 2.37. The van der Waals surface area contributed by atoms with Gasteiger partial charge in [0.25, 0.3) is 0 Å². The van der Waals surface area contributed by atoms with E-state index in [1.165, 1.54) is 9.21 Å². The Hall–Kier alpha value is -2.91. The van der Waals surface area contributed by atoms with Gasteiger partial charge in [0, 0.05) is 19.6 Å². The van der Waals surface area contributed by atoms with E-state index in [9.17, 15) is 18.0 Å². The van der Waals surface area contributed by atoms with Gasteiger partial charge in [-0.15, -0.1) is 0 Å². The molecule has 2 saturated heterocycles. The Balaban J connectivity index is 1.54. The molecule has 8 nitrogen and oxygen atoms in total. The standard InChI is InChI=1S/C22H25N3O5S/c26-21(23-18-14-24(15-18)22(27)28)17-11-12-20(16-7-3-1-4-8-16)25(13-17)31(29,30)19-9-5-2-6-10-19/h1-10,17-18,20H,11-15H2,(H,23,26)(H,27,28). The van der Waals surface area contributed by atoms with Crippen LogP contribution < -0.4 is 5.32 Å². The molecule has 9 heteroatoms. The minimum Gasteiger partial charge on any atom is -0.465 e. The molecular formula is C22H25N3O5S. The zero-order valence-electron chi connectivity index (χ0n) is 16.9. The van der Waals surface area contributed by atoms with Crippen LogP contribution in [-0.4, -0.2) is 60.4 Å². The number of nitrogens with zero attached hydrogens (tertiary/aromatic N) is 2. The molecule has 2 atom stereocenters. The molecule has 164 valence electrons. The highest BCUT2D eigenvalue weighted by molar-refractivity contribution is 7.89. The number of likely N-dealkylation sites (tertiary alicyclic amines) is 1. The Kier molecular flexibility index (Phi) is 5.97. The second-order valence-electron chi connectivity index (χ2n) is 7.98. The van der Waals surface area contributed by atoms with Crippen LogP contribution >= 0.6 is 0 Å². The highest BCUT2D eigenvalue weighted by atomic mass is 32.2. The van der Waals surface area contributed by atoms with Crippen molar-refractivity contribution in [2.24, 2.45) is 5.92 Å².